The molecule has 0 aliphatic rings. The van der Waals surface area contributed by atoms with Crippen molar-refractivity contribution >= 4 is 134 Å². The Bertz CT molecular complexity index is 649. The summed E-state index contributed by atoms with van der Waals surface area (Å²) in [6.07, 6.45) is 0. The summed E-state index contributed by atoms with van der Waals surface area (Å²) in [5, 5.41) is 46.5. The first-order valence-corrected chi connectivity index (χ1v) is 9.97. The van der Waals surface area contributed by atoms with Gasteiger partial charge in [-0.25, -0.2) is 8.39 Å². The van der Waals surface area contributed by atoms with Crippen molar-refractivity contribution in [3.8, 4) is 0 Å². The fourth-order valence-corrected chi connectivity index (χ4v) is 2.39. The van der Waals surface area contributed by atoms with Gasteiger partial charge < -0.3 is 25.0 Å². The van der Waals surface area contributed by atoms with Crippen LogP contribution in [-0.2, 0) is 61.9 Å². The predicted octanol–water partition coefficient (Wildman–Crippen LogP) is -5.02. The molecule has 0 spiro atoms. The van der Waals surface area contributed by atoms with E-state index in [-0.39, 0.29) is 119 Å². The van der Waals surface area contributed by atoms with Gasteiger partial charge in [-0.15, -0.1) is 0 Å². The molecule has 0 heterocycles. The van der Waals surface area contributed by atoms with E-state index < -0.39 is 77.5 Å². The second kappa shape index (κ2) is 31.4. The van der Waals surface area contributed by atoms with E-state index in [1.165, 1.54) is 0 Å². The number of rotatable bonds is 14. The average Bonchev–Trinajstić information content (AvgIpc) is 2.57. The SMILES string of the molecule is O=C(O)CN(CCN(CC(=O)O)CC(=O)O)CC(=O)O.O=S(O)COS(=O)(=O)O.OO.[Fe].[NaH].[NaH].[NaH]. The van der Waals surface area contributed by atoms with E-state index in [0.29, 0.717) is 0 Å². The first kappa shape index (κ1) is 52.6. The van der Waals surface area contributed by atoms with Crippen molar-refractivity contribution in [1.29, 1.82) is 0 Å². The van der Waals surface area contributed by atoms with Gasteiger partial charge in [0.25, 0.3) is 0 Å². The summed E-state index contributed by atoms with van der Waals surface area (Å²) in [6.45, 7) is -2.25. The van der Waals surface area contributed by atoms with Crippen LogP contribution in [0.5, 0.6) is 0 Å². The maximum atomic E-state index is 10.6. The van der Waals surface area contributed by atoms with Gasteiger partial charge >= 0.3 is 123 Å². The van der Waals surface area contributed by atoms with Crippen LogP contribution in [0.25, 0.3) is 0 Å². The van der Waals surface area contributed by atoms with E-state index in [9.17, 15) is 31.8 Å². The summed E-state index contributed by atoms with van der Waals surface area (Å²) in [5.41, 5.74) is 0. The van der Waals surface area contributed by atoms with Crippen molar-refractivity contribution in [2.45, 2.75) is 0 Å². The zero-order valence-corrected chi connectivity index (χ0v) is 18.6. The Kier molecular flexibility index (Phi) is 47.3. The van der Waals surface area contributed by atoms with Crippen LogP contribution in [0.15, 0.2) is 0 Å². The van der Waals surface area contributed by atoms with Gasteiger partial charge in [0, 0.05) is 30.2 Å². The molecule has 0 rings (SSSR count). The van der Waals surface area contributed by atoms with Crippen LogP contribution >= 0.6 is 0 Å². The molecule has 1 atom stereocenters. The maximum absolute atomic E-state index is 10.6. The topological polar surface area (TPSA) is 297 Å². The van der Waals surface area contributed by atoms with E-state index in [1.54, 1.807) is 0 Å². The Hall–Kier alpha value is 1.22. The molecule has 0 aromatic carbocycles. The van der Waals surface area contributed by atoms with Crippen molar-refractivity contribution < 1.29 is 93.1 Å². The molecule has 35 heavy (non-hydrogen) atoms. The van der Waals surface area contributed by atoms with Crippen molar-refractivity contribution in [3.05, 3.63) is 0 Å². The van der Waals surface area contributed by atoms with Crippen molar-refractivity contribution in [2.75, 3.05) is 45.2 Å². The molecule has 0 saturated heterocycles. The standard InChI is InChI=1S/C10H16N2O8.CH4O6S2.Fe.3Na.H2O2.3H/c13-7(14)3-11(4-8(15)16)1-2-12(5-9(17)18)6-10(19)20;2-8(3)1-7-9(4,5)6;;;;;1-2;;;/h1-6H2,(H,13,14)(H,15,16)(H,17,18)(H,19,20);1H2,(H,2,3)(H,4,5,6);;;;;1-2H;;;. The Morgan fingerprint density at radius 3 is 1.06 bits per heavy atom. The number of aliphatic carboxylic acids is 4. The normalized spacial score (nSPS) is 10.2. The summed E-state index contributed by atoms with van der Waals surface area (Å²) < 4.78 is 48.0. The van der Waals surface area contributed by atoms with Crippen LogP contribution in [0, 0.1) is 0 Å². The minimum absolute atomic E-state index is 0. The quantitative estimate of drug-likeness (QED) is 0.0293. The third-order valence-corrected chi connectivity index (χ3v) is 3.35. The number of nitrogens with zero attached hydrogens (tertiary/aromatic N) is 2. The van der Waals surface area contributed by atoms with Gasteiger partial charge in [-0.1, -0.05) is 0 Å². The molecule has 0 bridgehead atoms. The zero-order valence-electron chi connectivity index (χ0n) is 15.9. The summed E-state index contributed by atoms with van der Waals surface area (Å²) in [5.74, 6) is -5.86. The van der Waals surface area contributed by atoms with Crippen LogP contribution < -0.4 is 0 Å². The Labute approximate surface area is 278 Å². The monoisotopic (exact) mass is 630 g/mol. The van der Waals surface area contributed by atoms with Crippen molar-refractivity contribution in [1.82, 2.24) is 9.80 Å². The predicted molar refractivity (Wildman–Crippen MR) is 118 cm³/mol. The van der Waals surface area contributed by atoms with E-state index >= 15 is 0 Å². The molecule has 0 fully saturated rings. The van der Waals surface area contributed by atoms with Crippen molar-refractivity contribution in [3.63, 3.8) is 0 Å². The molecule has 18 nitrogen and oxygen atoms in total. The fraction of sp³-hybridized carbons (Fsp3) is 0.636. The molecule has 0 saturated carbocycles. The van der Waals surface area contributed by atoms with E-state index in [4.69, 9.17) is 40.0 Å². The number of carbonyl (C=O) groups is 4. The molecule has 1 unspecified atom stereocenters. The van der Waals surface area contributed by atoms with Gasteiger partial charge in [0.05, 0.1) is 26.2 Å². The van der Waals surface area contributed by atoms with E-state index in [1.807, 2.05) is 0 Å². The molecular formula is C11H25FeN2Na3O16S2. The van der Waals surface area contributed by atoms with Crippen molar-refractivity contribution in [2.24, 2.45) is 0 Å². The van der Waals surface area contributed by atoms with Crippen LogP contribution in [0.2, 0.25) is 0 Å². The van der Waals surface area contributed by atoms with Gasteiger partial charge in [-0.2, -0.15) is 8.42 Å². The molecule has 0 aliphatic heterocycles. The fourth-order valence-electron chi connectivity index (χ4n) is 1.58. The molecular weight excluding hydrogens is 605 g/mol. The van der Waals surface area contributed by atoms with Gasteiger partial charge in [-0.05, 0) is 0 Å². The third-order valence-electron chi connectivity index (χ3n) is 2.47. The van der Waals surface area contributed by atoms with Crippen LogP contribution in [-0.4, -0.2) is 220 Å². The molecule has 24 heteroatoms. The molecule has 0 amide bonds. The third kappa shape index (κ3) is 48.8. The number of hydrogen-bond donors (Lipinski definition) is 8. The van der Waals surface area contributed by atoms with Crippen LogP contribution in [0.4, 0.5) is 0 Å². The Morgan fingerprint density at radius 1 is 0.714 bits per heavy atom. The molecule has 0 radical (unpaired) electrons. The van der Waals surface area contributed by atoms with Gasteiger partial charge in [0.1, 0.15) is 0 Å². The summed E-state index contributed by atoms with van der Waals surface area (Å²) >= 11 is -2.37. The summed E-state index contributed by atoms with van der Waals surface area (Å²) in [6, 6.07) is 0. The zero-order chi connectivity index (χ0) is 25.2. The summed E-state index contributed by atoms with van der Waals surface area (Å²) in [7, 11) is -4.57. The van der Waals surface area contributed by atoms with Gasteiger partial charge in [0.15, 0.2) is 17.0 Å². The van der Waals surface area contributed by atoms with Gasteiger partial charge in [-0.3, -0.25) is 44.0 Å². The van der Waals surface area contributed by atoms with Crippen LogP contribution in [0.3, 0.4) is 0 Å². The first-order chi connectivity index (χ1) is 14.1. The van der Waals surface area contributed by atoms with E-state index in [0.717, 1.165) is 9.80 Å². The number of hydrogen-bond acceptors (Lipinski definition) is 12. The Balaban J connectivity index is -0.0000000899. The summed E-state index contributed by atoms with van der Waals surface area (Å²) in [4.78, 5) is 44.4. The molecule has 0 aliphatic carbocycles. The van der Waals surface area contributed by atoms with Crippen LogP contribution in [0.1, 0.15) is 0 Å². The molecule has 0 aromatic heterocycles. The first-order valence-electron chi connectivity index (χ1n) is 7.33. The molecule has 8 N–H and O–H groups in total. The average molecular weight is 630 g/mol. The number of carboxylic acids is 4. The molecule has 198 valence electrons. The molecule has 0 aromatic rings. The van der Waals surface area contributed by atoms with E-state index in [2.05, 4.69) is 4.18 Å². The minimum atomic E-state index is -4.57. The Morgan fingerprint density at radius 2 is 0.943 bits per heavy atom. The second-order valence-corrected chi connectivity index (χ2v) is 6.95. The van der Waals surface area contributed by atoms with Gasteiger partial charge in [0.2, 0.25) is 0 Å². The number of carboxylic acid groups (broad SMARTS) is 4. The second-order valence-electron chi connectivity index (χ2n) is 4.98.